The Balaban J connectivity index is 3.81. The molecule has 5 heteroatoms. The number of carbonyl (C=O) groups is 1. The van der Waals surface area contributed by atoms with E-state index in [-0.39, 0.29) is 17.9 Å². The third-order valence-corrected chi connectivity index (χ3v) is 2.81. The minimum absolute atomic E-state index is 0.0697. The zero-order valence-corrected chi connectivity index (χ0v) is 6.65. The Labute approximate surface area is 60.3 Å². The van der Waals surface area contributed by atoms with E-state index in [4.69, 9.17) is 5.73 Å². The highest BCUT2D eigenvalue weighted by Gasteiger charge is 2.07. The summed E-state index contributed by atoms with van der Waals surface area (Å²) in [6.07, 6.45) is -0.0732. The Morgan fingerprint density at radius 1 is 1.50 bits per heavy atom. The second-order valence-electron chi connectivity index (χ2n) is 1.95. The molecule has 0 heterocycles. The van der Waals surface area contributed by atoms with Gasteiger partial charge in [0.1, 0.15) is 0 Å². The van der Waals surface area contributed by atoms with Gasteiger partial charge in [0.05, 0.1) is 5.75 Å². The maximum Gasteiger partial charge on any atom is 0.218 e. The Morgan fingerprint density at radius 3 is 2.30 bits per heavy atom. The van der Waals surface area contributed by atoms with Crippen molar-refractivity contribution in [3.8, 4) is 0 Å². The molecule has 0 spiro atoms. The van der Waals surface area contributed by atoms with Crippen LogP contribution in [0.2, 0.25) is 0 Å². The fourth-order valence-corrected chi connectivity index (χ4v) is 1.20. The fourth-order valence-electron chi connectivity index (χ4n) is 0.400. The Kier molecular flexibility index (Phi) is 3.35. The molecule has 0 aromatic carbocycles. The summed E-state index contributed by atoms with van der Waals surface area (Å²) in [6, 6.07) is 0. The van der Waals surface area contributed by atoms with E-state index in [1.165, 1.54) is 6.92 Å². The second kappa shape index (κ2) is 3.55. The van der Waals surface area contributed by atoms with Crippen molar-refractivity contribution in [2.75, 3.05) is 11.5 Å². The summed E-state index contributed by atoms with van der Waals surface area (Å²) in [5.41, 5.74) is 4.75. The Morgan fingerprint density at radius 2 is 2.00 bits per heavy atom. The van der Waals surface area contributed by atoms with Crippen LogP contribution in [0.5, 0.6) is 0 Å². The minimum atomic E-state index is -3.02. The van der Waals surface area contributed by atoms with Gasteiger partial charge in [0.15, 0.2) is 9.84 Å². The van der Waals surface area contributed by atoms with Crippen LogP contribution in [0.3, 0.4) is 0 Å². The molecule has 0 aliphatic rings. The zero-order chi connectivity index (χ0) is 8.20. The molecule has 0 fully saturated rings. The summed E-state index contributed by atoms with van der Waals surface area (Å²) in [4.78, 5) is 10.1. The molecule has 0 aromatic rings. The lowest BCUT2D eigenvalue weighted by Crippen LogP contribution is -2.17. The molecule has 0 aliphatic heterocycles. The van der Waals surface area contributed by atoms with E-state index in [1.54, 1.807) is 0 Å². The van der Waals surface area contributed by atoms with Crippen LogP contribution in [-0.4, -0.2) is 25.8 Å². The van der Waals surface area contributed by atoms with E-state index in [0.29, 0.717) is 0 Å². The topological polar surface area (TPSA) is 77.2 Å². The molecule has 0 atom stereocenters. The highest BCUT2D eigenvalue weighted by Crippen LogP contribution is 1.91. The van der Waals surface area contributed by atoms with Crippen LogP contribution in [0.15, 0.2) is 0 Å². The number of sulfone groups is 1. The van der Waals surface area contributed by atoms with Gasteiger partial charge in [-0.15, -0.1) is 0 Å². The van der Waals surface area contributed by atoms with Crippen LogP contribution in [0.4, 0.5) is 0 Å². The van der Waals surface area contributed by atoms with Crippen molar-refractivity contribution < 1.29 is 13.2 Å². The number of hydrogen-bond donors (Lipinski definition) is 1. The minimum Gasteiger partial charge on any atom is -0.370 e. The molecule has 0 unspecified atom stereocenters. The second-order valence-corrected chi connectivity index (χ2v) is 4.43. The number of primary amides is 1. The van der Waals surface area contributed by atoms with Gasteiger partial charge in [-0.2, -0.15) is 0 Å². The van der Waals surface area contributed by atoms with E-state index < -0.39 is 15.7 Å². The quantitative estimate of drug-likeness (QED) is 0.598. The molecule has 0 rings (SSSR count). The molecule has 0 saturated carbocycles. The molecular formula is C5H11NO3S. The maximum absolute atomic E-state index is 10.7. The van der Waals surface area contributed by atoms with E-state index in [0.717, 1.165) is 0 Å². The maximum atomic E-state index is 10.7. The van der Waals surface area contributed by atoms with Gasteiger partial charge in [-0.25, -0.2) is 8.42 Å². The summed E-state index contributed by atoms with van der Waals surface area (Å²) in [7, 11) is -3.02. The van der Waals surface area contributed by atoms with Gasteiger partial charge in [-0.05, 0) is 0 Å². The highest BCUT2D eigenvalue weighted by molar-refractivity contribution is 7.91. The van der Waals surface area contributed by atoms with Gasteiger partial charge < -0.3 is 5.73 Å². The first-order valence-corrected chi connectivity index (χ1v) is 4.79. The summed E-state index contributed by atoms with van der Waals surface area (Å²) < 4.78 is 21.4. The van der Waals surface area contributed by atoms with Crippen LogP contribution in [0.25, 0.3) is 0 Å². The van der Waals surface area contributed by atoms with Crippen LogP contribution >= 0.6 is 0 Å². The third-order valence-electron chi connectivity index (χ3n) is 1.10. The highest BCUT2D eigenvalue weighted by atomic mass is 32.2. The van der Waals surface area contributed by atoms with Crippen molar-refractivity contribution in [1.29, 1.82) is 0 Å². The predicted octanol–water partition coefficient (Wildman–Crippen LogP) is -0.704. The Bertz CT molecular complexity index is 207. The number of hydrogen-bond acceptors (Lipinski definition) is 3. The van der Waals surface area contributed by atoms with E-state index in [1.807, 2.05) is 0 Å². The molecule has 60 valence electrons. The molecule has 0 radical (unpaired) electrons. The SMILES string of the molecule is CCS(=O)(=O)CCC(N)=O. The molecular weight excluding hydrogens is 154 g/mol. The monoisotopic (exact) mass is 165 g/mol. The average molecular weight is 165 g/mol. The average Bonchev–Trinajstić information content (AvgIpc) is 1.85. The molecule has 0 aromatic heterocycles. The zero-order valence-electron chi connectivity index (χ0n) is 5.83. The molecule has 0 bridgehead atoms. The van der Waals surface area contributed by atoms with Crippen LogP contribution in [-0.2, 0) is 14.6 Å². The largest absolute Gasteiger partial charge is 0.370 e. The number of rotatable bonds is 4. The van der Waals surface area contributed by atoms with Crippen LogP contribution in [0, 0.1) is 0 Å². The fraction of sp³-hybridized carbons (Fsp3) is 0.800. The third kappa shape index (κ3) is 4.31. The summed E-state index contributed by atoms with van der Waals surface area (Å²) in [6.45, 7) is 1.54. The van der Waals surface area contributed by atoms with Crippen LogP contribution < -0.4 is 5.73 Å². The summed E-state index contributed by atoms with van der Waals surface area (Å²) >= 11 is 0. The van der Waals surface area contributed by atoms with E-state index in [9.17, 15) is 13.2 Å². The standard InChI is InChI=1S/C5H11NO3S/c1-2-10(8,9)4-3-5(6)7/h2-4H2,1H3,(H2,6,7). The molecule has 1 amide bonds. The molecule has 4 nitrogen and oxygen atoms in total. The predicted molar refractivity (Wildman–Crippen MR) is 38.1 cm³/mol. The first-order valence-electron chi connectivity index (χ1n) is 2.96. The molecule has 0 saturated heterocycles. The van der Waals surface area contributed by atoms with Gasteiger partial charge in [-0.3, -0.25) is 4.79 Å². The lowest BCUT2D eigenvalue weighted by Gasteiger charge is -1.95. The van der Waals surface area contributed by atoms with Gasteiger partial charge in [0, 0.05) is 12.2 Å². The van der Waals surface area contributed by atoms with Gasteiger partial charge >= 0.3 is 0 Å². The number of carbonyl (C=O) groups excluding carboxylic acids is 1. The molecule has 2 N–H and O–H groups in total. The van der Waals surface area contributed by atoms with Crippen molar-refractivity contribution >= 4 is 15.7 Å². The number of nitrogens with two attached hydrogens (primary N) is 1. The van der Waals surface area contributed by atoms with Crippen molar-refractivity contribution in [2.45, 2.75) is 13.3 Å². The van der Waals surface area contributed by atoms with E-state index >= 15 is 0 Å². The molecule has 0 aliphatic carbocycles. The van der Waals surface area contributed by atoms with Crippen molar-refractivity contribution in [3.63, 3.8) is 0 Å². The number of amides is 1. The lowest BCUT2D eigenvalue weighted by atomic mass is 10.5. The first kappa shape index (κ1) is 9.42. The lowest BCUT2D eigenvalue weighted by molar-refractivity contribution is -0.117. The van der Waals surface area contributed by atoms with Gasteiger partial charge in [0.25, 0.3) is 0 Å². The summed E-state index contributed by atoms with van der Waals surface area (Å²) in [5, 5.41) is 0. The van der Waals surface area contributed by atoms with Gasteiger partial charge in [0.2, 0.25) is 5.91 Å². The van der Waals surface area contributed by atoms with Crippen molar-refractivity contribution in [1.82, 2.24) is 0 Å². The van der Waals surface area contributed by atoms with Crippen molar-refractivity contribution in [3.05, 3.63) is 0 Å². The summed E-state index contributed by atoms with van der Waals surface area (Å²) in [5.74, 6) is -0.629. The first-order chi connectivity index (χ1) is 4.48. The van der Waals surface area contributed by atoms with Gasteiger partial charge in [-0.1, -0.05) is 6.92 Å². The van der Waals surface area contributed by atoms with Crippen LogP contribution in [0.1, 0.15) is 13.3 Å². The van der Waals surface area contributed by atoms with E-state index in [2.05, 4.69) is 0 Å². The molecule has 10 heavy (non-hydrogen) atoms. The van der Waals surface area contributed by atoms with Crippen molar-refractivity contribution in [2.24, 2.45) is 5.73 Å². The normalized spacial score (nSPS) is 11.3. The Hall–Kier alpha value is -0.580. The smallest absolute Gasteiger partial charge is 0.218 e.